The van der Waals surface area contributed by atoms with Gasteiger partial charge in [0.2, 0.25) is 5.88 Å². The van der Waals surface area contributed by atoms with Gasteiger partial charge in [-0.25, -0.2) is 17.8 Å². The first-order valence-electron chi connectivity index (χ1n) is 13.4. The molecular weight excluding hydrogens is 519 g/mol. The molecule has 39 heavy (non-hydrogen) atoms. The Labute approximate surface area is 228 Å². The molecule has 7 nitrogen and oxygen atoms in total. The van der Waals surface area contributed by atoms with Gasteiger partial charge in [-0.2, -0.15) is 0 Å². The van der Waals surface area contributed by atoms with Crippen molar-refractivity contribution in [1.29, 1.82) is 0 Å². The van der Waals surface area contributed by atoms with E-state index in [9.17, 15) is 17.6 Å². The molecule has 9 heteroatoms. The van der Waals surface area contributed by atoms with Crippen molar-refractivity contribution in [1.82, 2.24) is 9.97 Å². The van der Waals surface area contributed by atoms with Crippen molar-refractivity contribution < 1.29 is 27.1 Å². The SMILES string of the molecule is CCOC(=O)C1C2Cc3cc(CCc4cc(-c5ccc(OCCCS(C)(=O)=O)nc5C)ccc4F)ncc3C21. The van der Waals surface area contributed by atoms with Gasteiger partial charge in [-0.3, -0.25) is 9.78 Å². The molecule has 2 heterocycles. The van der Waals surface area contributed by atoms with Crippen LogP contribution in [0.3, 0.4) is 0 Å². The molecule has 3 atom stereocenters. The highest BCUT2D eigenvalue weighted by molar-refractivity contribution is 7.90. The van der Waals surface area contributed by atoms with Gasteiger partial charge >= 0.3 is 5.97 Å². The molecule has 3 aromatic rings. The standard InChI is InChI=1S/C30H33FN2O5S/c1-4-37-30(34)29-24-16-21-15-22(32-17-25(21)28(24)29)8-6-20-14-19(7-10-26(20)31)23-9-11-27(33-18(23)2)38-12-5-13-39(3,35)36/h7,9-11,14-15,17,24,28-29H,4-6,8,12-13,16H2,1-3H3. The van der Waals surface area contributed by atoms with E-state index in [1.165, 1.54) is 17.9 Å². The minimum Gasteiger partial charge on any atom is -0.478 e. The van der Waals surface area contributed by atoms with Crippen LogP contribution in [-0.4, -0.2) is 49.6 Å². The highest BCUT2D eigenvalue weighted by Gasteiger charge is 2.60. The topological polar surface area (TPSA) is 95.5 Å². The summed E-state index contributed by atoms with van der Waals surface area (Å²) < 4.78 is 48.1. The highest BCUT2D eigenvalue weighted by atomic mass is 32.2. The molecule has 0 radical (unpaired) electrons. The lowest BCUT2D eigenvalue weighted by Gasteiger charge is -2.12. The van der Waals surface area contributed by atoms with Gasteiger partial charge in [-0.05, 0) is 92.0 Å². The summed E-state index contributed by atoms with van der Waals surface area (Å²) in [6.07, 6.45) is 5.49. The second kappa shape index (κ2) is 11.0. The summed E-state index contributed by atoms with van der Waals surface area (Å²) in [6.45, 7) is 4.37. The van der Waals surface area contributed by atoms with E-state index < -0.39 is 9.84 Å². The number of aryl methyl sites for hydroxylation is 3. The van der Waals surface area contributed by atoms with Crippen molar-refractivity contribution >= 4 is 15.8 Å². The minimum atomic E-state index is -3.02. The normalized spacial score (nSPS) is 19.3. The van der Waals surface area contributed by atoms with Crippen molar-refractivity contribution in [3.8, 4) is 17.0 Å². The van der Waals surface area contributed by atoms with Gasteiger partial charge in [0.25, 0.3) is 0 Å². The van der Waals surface area contributed by atoms with Crippen molar-refractivity contribution in [2.24, 2.45) is 11.8 Å². The Hall–Kier alpha value is -3.33. The number of halogens is 1. The van der Waals surface area contributed by atoms with Gasteiger partial charge in [0.15, 0.2) is 0 Å². The predicted molar refractivity (Wildman–Crippen MR) is 146 cm³/mol. The Morgan fingerprint density at radius 3 is 2.72 bits per heavy atom. The van der Waals surface area contributed by atoms with Crippen LogP contribution in [0.2, 0.25) is 0 Å². The number of pyridine rings is 2. The van der Waals surface area contributed by atoms with Crippen LogP contribution in [0.15, 0.2) is 42.6 Å². The van der Waals surface area contributed by atoms with Crippen LogP contribution in [0.5, 0.6) is 5.88 Å². The molecule has 0 saturated heterocycles. The number of fused-ring (bicyclic) bond motifs is 3. The van der Waals surface area contributed by atoms with E-state index >= 15 is 0 Å². The van der Waals surface area contributed by atoms with Crippen LogP contribution in [0.1, 0.15) is 47.3 Å². The number of carbonyl (C=O) groups is 1. The number of nitrogens with zero attached hydrogens (tertiary/aromatic N) is 2. The summed E-state index contributed by atoms with van der Waals surface area (Å²) in [6, 6.07) is 10.8. The van der Waals surface area contributed by atoms with Crippen molar-refractivity contribution in [3.63, 3.8) is 0 Å². The van der Waals surface area contributed by atoms with Gasteiger partial charge in [0.1, 0.15) is 15.7 Å². The summed E-state index contributed by atoms with van der Waals surface area (Å²) in [5.74, 6) is 0.675. The highest BCUT2D eigenvalue weighted by Crippen LogP contribution is 2.61. The van der Waals surface area contributed by atoms with Gasteiger partial charge in [-0.1, -0.05) is 6.07 Å². The Kier molecular flexibility index (Phi) is 7.71. The number of rotatable bonds is 11. The number of hydrogen-bond donors (Lipinski definition) is 0. The molecule has 1 saturated carbocycles. The lowest BCUT2D eigenvalue weighted by molar-refractivity contribution is -0.145. The molecule has 2 aromatic heterocycles. The molecule has 0 N–H and O–H groups in total. The van der Waals surface area contributed by atoms with Gasteiger partial charge in [0, 0.05) is 41.4 Å². The maximum Gasteiger partial charge on any atom is 0.309 e. The first-order chi connectivity index (χ1) is 18.6. The molecule has 3 unspecified atom stereocenters. The molecule has 1 aromatic carbocycles. The summed E-state index contributed by atoms with van der Waals surface area (Å²) in [5.41, 5.74) is 6.42. The Bertz CT molecular complexity index is 1510. The first kappa shape index (κ1) is 27.2. The van der Waals surface area contributed by atoms with E-state index in [0.29, 0.717) is 43.2 Å². The first-order valence-corrected chi connectivity index (χ1v) is 15.4. The molecule has 2 aliphatic rings. The number of benzene rings is 1. The summed E-state index contributed by atoms with van der Waals surface area (Å²) in [7, 11) is -3.02. The minimum absolute atomic E-state index is 0.0274. The Morgan fingerprint density at radius 1 is 1.15 bits per heavy atom. The second-order valence-corrected chi connectivity index (χ2v) is 12.7. The fourth-order valence-electron chi connectivity index (χ4n) is 5.65. The molecule has 206 valence electrons. The number of ether oxygens (including phenoxy) is 2. The zero-order chi connectivity index (χ0) is 27.7. The number of esters is 1. The van der Waals surface area contributed by atoms with E-state index in [1.54, 1.807) is 12.1 Å². The molecule has 0 amide bonds. The van der Waals surface area contributed by atoms with Crippen LogP contribution in [-0.2, 0) is 38.6 Å². The Balaban J connectivity index is 1.22. The van der Waals surface area contributed by atoms with Crippen LogP contribution >= 0.6 is 0 Å². The zero-order valence-corrected chi connectivity index (χ0v) is 23.3. The average molecular weight is 553 g/mol. The maximum absolute atomic E-state index is 14.7. The lowest BCUT2D eigenvalue weighted by atomic mass is 9.98. The van der Waals surface area contributed by atoms with E-state index in [-0.39, 0.29) is 36.0 Å². The van der Waals surface area contributed by atoms with Crippen LogP contribution in [0.4, 0.5) is 4.39 Å². The summed E-state index contributed by atoms with van der Waals surface area (Å²) in [4.78, 5) is 21.3. The third-order valence-electron chi connectivity index (χ3n) is 7.60. The van der Waals surface area contributed by atoms with Gasteiger partial charge in [0.05, 0.1) is 24.9 Å². The van der Waals surface area contributed by atoms with E-state index in [0.717, 1.165) is 34.5 Å². The van der Waals surface area contributed by atoms with Crippen LogP contribution in [0, 0.1) is 24.6 Å². The summed E-state index contributed by atoms with van der Waals surface area (Å²) in [5, 5.41) is 0. The monoisotopic (exact) mass is 552 g/mol. The van der Waals surface area contributed by atoms with Crippen LogP contribution < -0.4 is 4.74 Å². The van der Waals surface area contributed by atoms with E-state index in [4.69, 9.17) is 9.47 Å². The van der Waals surface area contributed by atoms with Crippen LogP contribution in [0.25, 0.3) is 11.1 Å². The molecular formula is C30H33FN2O5S. The fraction of sp³-hybridized carbons (Fsp3) is 0.433. The molecule has 5 rings (SSSR count). The number of carbonyl (C=O) groups excluding carboxylic acids is 1. The second-order valence-electron chi connectivity index (χ2n) is 10.5. The molecule has 2 aliphatic carbocycles. The smallest absolute Gasteiger partial charge is 0.309 e. The largest absolute Gasteiger partial charge is 0.478 e. The van der Waals surface area contributed by atoms with E-state index in [2.05, 4.69) is 16.0 Å². The van der Waals surface area contributed by atoms with Gasteiger partial charge in [-0.15, -0.1) is 0 Å². The molecule has 0 aliphatic heterocycles. The number of aromatic nitrogens is 2. The quantitative estimate of drug-likeness (QED) is 0.253. The van der Waals surface area contributed by atoms with Gasteiger partial charge < -0.3 is 9.47 Å². The average Bonchev–Trinajstić information content (AvgIpc) is 3.47. The molecule has 1 fully saturated rings. The van der Waals surface area contributed by atoms with E-state index in [1.807, 2.05) is 32.2 Å². The van der Waals surface area contributed by atoms with Crippen molar-refractivity contribution in [2.75, 3.05) is 25.2 Å². The number of sulfone groups is 1. The zero-order valence-electron chi connectivity index (χ0n) is 22.4. The predicted octanol–water partition coefficient (Wildman–Crippen LogP) is 4.64. The maximum atomic E-state index is 14.7. The number of hydrogen-bond acceptors (Lipinski definition) is 7. The fourth-order valence-corrected chi connectivity index (χ4v) is 6.30. The molecule has 0 bridgehead atoms. The van der Waals surface area contributed by atoms with Crippen molar-refractivity contribution in [3.05, 3.63) is 76.5 Å². The summed E-state index contributed by atoms with van der Waals surface area (Å²) >= 11 is 0. The lowest BCUT2D eigenvalue weighted by Crippen LogP contribution is -2.11. The Morgan fingerprint density at radius 2 is 1.97 bits per heavy atom. The molecule has 0 spiro atoms. The van der Waals surface area contributed by atoms with Crippen molar-refractivity contribution in [2.45, 2.75) is 45.4 Å². The third-order valence-corrected chi connectivity index (χ3v) is 8.63. The third kappa shape index (κ3) is 6.13.